The standard InChI is InChI=1S/C18H39O4P.C14H31N/c1-2-3-4-5-6-7-8-9-10-11-12-13-14-15-16-17-18-22-23(19,20)21;1-4-5-6-7-8-9-10-11-12-13-14-15(2)3/h2-18H2,1H3,(H2,19,20,21);4-14H2,1-3H3. The molecule has 0 atom stereocenters. The van der Waals surface area contributed by atoms with Crippen LogP contribution in [-0.4, -0.2) is 41.9 Å². The lowest BCUT2D eigenvalue weighted by Crippen LogP contribution is -2.12. The van der Waals surface area contributed by atoms with Gasteiger partial charge in [-0.3, -0.25) is 4.52 Å². The normalized spacial score (nSPS) is 11.7. The third-order valence-corrected chi connectivity index (χ3v) is 7.74. The number of phosphoric ester groups is 1. The summed E-state index contributed by atoms with van der Waals surface area (Å²) in [5, 5.41) is 0. The molecule has 0 heterocycles. The molecular weight excluding hydrogens is 493 g/mol. The van der Waals surface area contributed by atoms with Crippen molar-refractivity contribution in [3.05, 3.63) is 0 Å². The number of hydrogen-bond acceptors (Lipinski definition) is 3. The minimum atomic E-state index is -4.26. The lowest BCUT2D eigenvalue weighted by atomic mass is 10.0. The third-order valence-electron chi connectivity index (χ3n) is 7.22. The van der Waals surface area contributed by atoms with Crippen molar-refractivity contribution < 1.29 is 18.9 Å². The van der Waals surface area contributed by atoms with E-state index in [0.29, 0.717) is 0 Å². The molecule has 0 aliphatic rings. The molecule has 0 spiro atoms. The average molecular weight is 564 g/mol. The fraction of sp³-hybridized carbons (Fsp3) is 1.00. The molecule has 0 radical (unpaired) electrons. The Balaban J connectivity index is 0. The topological polar surface area (TPSA) is 70.0 Å². The van der Waals surface area contributed by atoms with E-state index in [1.807, 2.05) is 0 Å². The minimum Gasteiger partial charge on any atom is -0.309 e. The molecule has 38 heavy (non-hydrogen) atoms. The van der Waals surface area contributed by atoms with Crippen LogP contribution in [-0.2, 0) is 9.09 Å². The molecule has 0 bridgehead atoms. The highest BCUT2D eigenvalue weighted by molar-refractivity contribution is 7.46. The molecule has 0 amide bonds. The Morgan fingerprint density at radius 2 is 0.737 bits per heavy atom. The lowest BCUT2D eigenvalue weighted by Gasteiger charge is -2.08. The Morgan fingerprint density at radius 1 is 0.474 bits per heavy atom. The molecule has 0 unspecified atom stereocenters. The van der Waals surface area contributed by atoms with E-state index in [1.165, 1.54) is 154 Å². The third kappa shape index (κ3) is 43.1. The van der Waals surface area contributed by atoms with Gasteiger partial charge >= 0.3 is 7.82 Å². The molecule has 0 aromatic rings. The van der Waals surface area contributed by atoms with E-state index in [0.717, 1.165) is 19.3 Å². The fourth-order valence-electron chi connectivity index (χ4n) is 4.75. The van der Waals surface area contributed by atoms with Gasteiger partial charge in [0.1, 0.15) is 0 Å². The van der Waals surface area contributed by atoms with Gasteiger partial charge in [-0.25, -0.2) is 4.57 Å². The van der Waals surface area contributed by atoms with Crippen LogP contribution in [0.5, 0.6) is 0 Å². The molecule has 0 aliphatic carbocycles. The zero-order valence-electron chi connectivity index (χ0n) is 26.4. The Bertz CT molecular complexity index is 470. The number of hydrogen-bond donors (Lipinski definition) is 2. The first kappa shape index (κ1) is 40.2. The van der Waals surface area contributed by atoms with Crippen LogP contribution in [0.1, 0.15) is 181 Å². The number of nitrogens with zero attached hydrogens (tertiary/aromatic N) is 1. The molecule has 0 aromatic heterocycles. The monoisotopic (exact) mass is 564 g/mol. The van der Waals surface area contributed by atoms with Crippen LogP contribution in [0.3, 0.4) is 0 Å². The van der Waals surface area contributed by atoms with Crippen LogP contribution < -0.4 is 0 Å². The first-order valence-electron chi connectivity index (χ1n) is 16.7. The highest BCUT2D eigenvalue weighted by Crippen LogP contribution is 2.35. The second-order valence-electron chi connectivity index (χ2n) is 11.6. The fourth-order valence-corrected chi connectivity index (χ4v) is 5.12. The predicted octanol–water partition coefficient (Wildman–Crippen LogP) is 10.8. The van der Waals surface area contributed by atoms with Crippen molar-refractivity contribution in [1.29, 1.82) is 0 Å². The molecule has 5 nitrogen and oxygen atoms in total. The molecule has 0 aliphatic heterocycles. The molecule has 0 aromatic carbocycles. The van der Waals surface area contributed by atoms with Crippen LogP contribution in [0, 0.1) is 0 Å². The average Bonchev–Trinajstić information content (AvgIpc) is 2.86. The summed E-state index contributed by atoms with van der Waals surface area (Å²) in [7, 11) is 0.0654. The lowest BCUT2D eigenvalue weighted by molar-refractivity contribution is 0.193. The van der Waals surface area contributed by atoms with Crippen LogP contribution in [0.15, 0.2) is 0 Å². The van der Waals surface area contributed by atoms with E-state index < -0.39 is 7.82 Å². The summed E-state index contributed by atoms with van der Waals surface area (Å²) in [6, 6.07) is 0. The summed E-state index contributed by atoms with van der Waals surface area (Å²) in [5.41, 5.74) is 0. The van der Waals surface area contributed by atoms with Crippen molar-refractivity contribution in [3.8, 4) is 0 Å². The Kier molecular flexibility index (Phi) is 35.2. The summed E-state index contributed by atoms with van der Waals surface area (Å²) in [4.78, 5) is 19.3. The van der Waals surface area contributed by atoms with Gasteiger partial charge in [0.2, 0.25) is 0 Å². The maximum atomic E-state index is 10.5. The van der Waals surface area contributed by atoms with Crippen molar-refractivity contribution in [1.82, 2.24) is 4.90 Å². The maximum absolute atomic E-state index is 10.5. The van der Waals surface area contributed by atoms with Crippen molar-refractivity contribution in [2.24, 2.45) is 0 Å². The van der Waals surface area contributed by atoms with Gasteiger partial charge < -0.3 is 14.7 Å². The largest absolute Gasteiger partial charge is 0.469 e. The predicted molar refractivity (Wildman–Crippen MR) is 168 cm³/mol. The van der Waals surface area contributed by atoms with Gasteiger partial charge in [-0.1, -0.05) is 168 Å². The molecule has 0 saturated carbocycles. The second kappa shape index (κ2) is 33.3. The van der Waals surface area contributed by atoms with Gasteiger partial charge in [-0.2, -0.15) is 0 Å². The van der Waals surface area contributed by atoms with Crippen LogP contribution in [0.2, 0.25) is 0 Å². The van der Waals surface area contributed by atoms with E-state index in [4.69, 9.17) is 9.79 Å². The van der Waals surface area contributed by atoms with Crippen molar-refractivity contribution in [2.45, 2.75) is 181 Å². The van der Waals surface area contributed by atoms with Crippen LogP contribution >= 0.6 is 7.82 Å². The summed E-state index contributed by atoms with van der Waals surface area (Å²) in [6.45, 7) is 5.98. The van der Waals surface area contributed by atoms with Gasteiger partial charge in [0.25, 0.3) is 0 Å². The van der Waals surface area contributed by atoms with Gasteiger partial charge in [-0.15, -0.1) is 0 Å². The molecule has 0 fully saturated rings. The number of rotatable bonds is 29. The van der Waals surface area contributed by atoms with E-state index in [2.05, 4.69) is 37.4 Å². The Morgan fingerprint density at radius 3 is 1.00 bits per heavy atom. The molecule has 2 N–H and O–H groups in total. The Labute approximate surface area is 239 Å². The van der Waals surface area contributed by atoms with Crippen LogP contribution in [0.4, 0.5) is 0 Å². The second-order valence-corrected chi connectivity index (χ2v) is 12.9. The van der Waals surface area contributed by atoms with Crippen LogP contribution in [0.25, 0.3) is 0 Å². The van der Waals surface area contributed by atoms with Gasteiger partial charge in [0.05, 0.1) is 6.61 Å². The zero-order valence-corrected chi connectivity index (χ0v) is 27.3. The summed E-state index contributed by atoms with van der Waals surface area (Å²) in [6.07, 6.45) is 35.0. The zero-order chi connectivity index (χ0) is 28.6. The van der Waals surface area contributed by atoms with E-state index >= 15 is 0 Å². The van der Waals surface area contributed by atoms with Gasteiger partial charge in [-0.05, 0) is 33.5 Å². The summed E-state index contributed by atoms with van der Waals surface area (Å²) >= 11 is 0. The Hall–Kier alpha value is 0.0700. The highest BCUT2D eigenvalue weighted by atomic mass is 31.2. The first-order valence-corrected chi connectivity index (χ1v) is 18.2. The minimum absolute atomic E-state index is 0.169. The van der Waals surface area contributed by atoms with Crippen molar-refractivity contribution in [2.75, 3.05) is 27.2 Å². The van der Waals surface area contributed by atoms with Gasteiger partial charge in [0.15, 0.2) is 0 Å². The van der Waals surface area contributed by atoms with Gasteiger partial charge in [0, 0.05) is 0 Å². The number of phosphoric acid groups is 1. The number of unbranched alkanes of at least 4 members (excludes halogenated alkanes) is 24. The molecule has 232 valence electrons. The van der Waals surface area contributed by atoms with Crippen molar-refractivity contribution >= 4 is 7.82 Å². The van der Waals surface area contributed by atoms with E-state index in [9.17, 15) is 4.57 Å². The summed E-state index contributed by atoms with van der Waals surface area (Å²) < 4.78 is 14.9. The summed E-state index contributed by atoms with van der Waals surface area (Å²) in [5.74, 6) is 0. The smallest absolute Gasteiger partial charge is 0.309 e. The molecule has 0 rings (SSSR count). The quantitative estimate of drug-likeness (QED) is 0.0699. The van der Waals surface area contributed by atoms with Crippen molar-refractivity contribution in [3.63, 3.8) is 0 Å². The molecule has 0 saturated heterocycles. The maximum Gasteiger partial charge on any atom is 0.469 e. The molecular formula is C32H70NO4P. The van der Waals surface area contributed by atoms with E-state index in [-0.39, 0.29) is 6.61 Å². The SMILES string of the molecule is CCCCCCCCCCCCCCCCCCOP(=O)(O)O.CCCCCCCCCCCCN(C)C. The van der Waals surface area contributed by atoms with E-state index in [1.54, 1.807) is 0 Å². The highest BCUT2D eigenvalue weighted by Gasteiger charge is 2.12. The first-order chi connectivity index (χ1) is 18.3. The molecule has 6 heteroatoms.